The van der Waals surface area contributed by atoms with E-state index < -0.39 is 62.6 Å². The van der Waals surface area contributed by atoms with Crippen LogP contribution in [-0.2, 0) is 29.1 Å². The number of nitrogens with zero attached hydrogens (tertiary/aromatic N) is 4. The maximum atomic E-state index is 14.5. The number of aromatic nitrogens is 4. The van der Waals surface area contributed by atoms with E-state index in [9.17, 15) is 27.6 Å². The molecule has 4 aliphatic carbocycles. The lowest BCUT2D eigenvalue weighted by Gasteiger charge is -2.30. The molecule has 1 aromatic carbocycles. The molecular weight excluding hydrogens is 678 g/mol. The predicted octanol–water partition coefficient (Wildman–Crippen LogP) is 3.24. The first-order chi connectivity index (χ1) is 24.4. The lowest BCUT2D eigenvalue weighted by molar-refractivity contribution is -0.136. The molecule has 0 bridgehead atoms. The van der Waals surface area contributed by atoms with Crippen LogP contribution in [0.15, 0.2) is 36.9 Å². The molecule has 3 amide bonds. The molecule has 0 radical (unpaired) electrons. The van der Waals surface area contributed by atoms with Gasteiger partial charge >= 0.3 is 6.09 Å². The van der Waals surface area contributed by atoms with Crippen molar-refractivity contribution in [2.75, 3.05) is 7.11 Å². The summed E-state index contributed by atoms with van der Waals surface area (Å²) in [6, 6.07) is 5.70. The Bertz CT molecular complexity index is 1760. The zero-order valence-corrected chi connectivity index (χ0v) is 30.1. The number of nitrogens with one attached hydrogen (secondary N) is 3. The van der Waals surface area contributed by atoms with Crippen LogP contribution in [0.25, 0.3) is 11.4 Å². The number of carbonyl (C=O) groups excluding carboxylic acids is 4. The number of hydrogen-bond acceptors (Lipinski definition) is 11. The number of ketones is 1. The van der Waals surface area contributed by atoms with Crippen LogP contribution in [0.2, 0.25) is 0 Å². The summed E-state index contributed by atoms with van der Waals surface area (Å²) in [5, 5.41) is 18.1. The fourth-order valence-corrected chi connectivity index (χ4v) is 8.46. The number of allylic oxidation sites excluding steroid dienone is 1. The van der Waals surface area contributed by atoms with Gasteiger partial charge in [0.05, 0.1) is 24.4 Å². The predicted molar refractivity (Wildman–Crippen MR) is 184 cm³/mol. The number of rotatable bonds is 16. The van der Waals surface area contributed by atoms with Gasteiger partial charge in [-0.3, -0.25) is 19.1 Å². The van der Waals surface area contributed by atoms with E-state index in [0.717, 1.165) is 19.3 Å². The van der Waals surface area contributed by atoms with E-state index in [1.165, 1.54) is 4.80 Å². The first kappa shape index (κ1) is 36.5. The van der Waals surface area contributed by atoms with Gasteiger partial charge in [0, 0.05) is 17.4 Å². The number of carbonyl (C=O) groups is 4. The standard InChI is InChI=1S/C35H47N7O8S/c1-5-8-22-19-35(22,33(45)40-51(47,48)26-15-16-26)37-32(44)28-18-23(42-39-31(38-41-42)21-11-13-24(49-4)14-12-21)17-27(28)30(43)29(20(3)6-2)36-34(46)50-25-9-7-10-25/h5,11-14,20,22-23,25-29H,1,6-10,15-19H2,2-4H3,(H,36,46)(H,37,44)(H,40,45)/t20?,22-,23+,27?,28-,29?,35+/m1/s1. The second kappa shape index (κ2) is 14.7. The zero-order valence-electron chi connectivity index (χ0n) is 29.2. The van der Waals surface area contributed by atoms with Gasteiger partial charge in [0.15, 0.2) is 5.78 Å². The SMILES string of the molecule is C=CC[C@@H]1C[C@@]1(NC(=O)[C@@H]1C[C@@H](n2nnc(-c3ccc(OC)cc3)n2)CC1C(=O)C(NC(=O)OC1CCC1)C(C)CC)C(=O)NS(=O)(=O)C1CC1. The van der Waals surface area contributed by atoms with Crippen molar-refractivity contribution >= 4 is 33.7 Å². The summed E-state index contributed by atoms with van der Waals surface area (Å²) in [6.45, 7) is 7.53. The van der Waals surface area contributed by atoms with Crippen LogP contribution in [0.3, 0.4) is 0 Å². The number of hydrogen-bond donors (Lipinski definition) is 3. The molecule has 1 aromatic heterocycles. The molecule has 6 rings (SSSR count). The Hall–Kier alpha value is -4.34. The highest BCUT2D eigenvalue weighted by Crippen LogP contribution is 2.48. The van der Waals surface area contributed by atoms with Gasteiger partial charge in [-0.05, 0) is 99.1 Å². The van der Waals surface area contributed by atoms with Crippen molar-refractivity contribution in [2.24, 2.45) is 23.7 Å². The number of benzene rings is 1. The molecule has 0 spiro atoms. The van der Waals surface area contributed by atoms with E-state index in [2.05, 4.69) is 37.3 Å². The van der Waals surface area contributed by atoms with Gasteiger partial charge in [-0.15, -0.1) is 16.8 Å². The third-order valence-electron chi connectivity index (χ3n) is 11.0. The van der Waals surface area contributed by atoms with Crippen molar-refractivity contribution in [3.8, 4) is 17.1 Å². The van der Waals surface area contributed by atoms with Gasteiger partial charge in [0.2, 0.25) is 21.8 Å². The third-order valence-corrected chi connectivity index (χ3v) is 12.8. The van der Waals surface area contributed by atoms with E-state index in [4.69, 9.17) is 9.47 Å². The third kappa shape index (κ3) is 7.80. The first-order valence-corrected chi connectivity index (χ1v) is 19.4. The van der Waals surface area contributed by atoms with Gasteiger partial charge in [0.25, 0.3) is 5.91 Å². The Balaban J connectivity index is 1.26. The van der Waals surface area contributed by atoms with Gasteiger partial charge in [-0.2, -0.15) is 4.80 Å². The molecule has 4 fully saturated rings. The maximum Gasteiger partial charge on any atom is 0.408 e. The normalized spacial score (nSPS) is 27.0. The fraction of sp³-hybridized carbons (Fsp3) is 0.629. The molecule has 7 atom stereocenters. The Morgan fingerprint density at radius 1 is 1.10 bits per heavy atom. The minimum atomic E-state index is -3.87. The monoisotopic (exact) mass is 725 g/mol. The average molecular weight is 726 g/mol. The number of sulfonamides is 1. The number of methoxy groups -OCH3 is 1. The minimum absolute atomic E-state index is 0.143. The largest absolute Gasteiger partial charge is 0.497 e. The summed E-state index contributed by atoms with van der Waals surface area (Å²) in [7, 11) is -2.31. The highest BCUT2D eigenvalue weighted by atomic mass is 32.2. The van der Waals surface area contributed by atoms with Gasteiger partial charge in [0.1, 0.15) is 17.4 Å². The Morgan fingerprint density at radius 2 is 1.80 bits per heavy atom. The molecule has 0 saturated heterocycles. The van der Waals surface area contributed by atoms with Crippen molar-refractivity contribution < 1.29 is 37.1 Å². The highest BCUT2D eigenvalue weighted by Gasteiger charge is 2.62. The maximum absolute atomic E-state index is 14.5. The van der Waals surface area contributed by atoms with Crippen LogP contribution in [0.4, 0.5) is 4.79 Å². The van der Waals surface area contributed by atoms with Crippen LogP contribution in [-0.4, -0.2) is 82.4 Å². The molecule has 1 heterocycles. The molecule has 2 aromatic rings. The number of alkyl carbamates (subject to hydrolysis) is 1. The van der Waals surface area contributed by atoms with Gasteiger partial charge < -0.3 is 20.1 Å². The van der Waals surface area contributed by atoms with Crippen LogP contribution < -0.4 is 20.1 Å². The van der Waals surface area contributed by atoms with Crippen molar-refractivity contribution in [3.05, 3.63) is 36.9 Å². The first-order valence-electron chi connectivity index (χ1n) is 17.8. The molecule has 51 heavy (non-hydrogen) atoms. The molecular formula is C35H47N7O8S. The molecule has 3 N–H and O–H groups in total. The molecule has 276 valence electrons. The van der Waals surface area contributed by atoms with Crippen molar-refractivity contribution in [1.82, 2.24) is 35.6 Å². The number of ether oxygens (including phenoxy) is 2. The van der Waals surface area contributed by atoms with Crippen molar-refractivity contribution in [1.29, 1.82) is 0 Å². The fourth-order valence-electron chi connectivity index (χ4n) is 7.10. The summed E-state index contributed by atoms with van der Waals surface area (Å²) in [5.74, 6) is -3.12. The minimum Gasteiger partial charge on any atom is -0.497 e. The van der Waals surface area contributed by atoms with E-state index in [1.54, 1.807) is 37.5 Å². The summed E-state index contributed by atoms with van der Waals surface area (Å²) in [6.07, 6.45) is 5.74. The molecule has 16 heteroatoms. The summed E-state index contributed by atoms with van der Waals surface area (Å²) in [5.41, 5.74) is -0.767. The summed E-state index contributed by atoms with van der Waals surface area (Å²) >= 11 is 0. The second-order valence-electron chi connectivity index (χ2n) is 14.4. The second-order valence-corrected chi connectivity index (χ2v) is 16.4. The quantitative estimate of drug-likeness (QED) is 0.215. The Labute approximate surface area is 297 Å². The van der Waals surface area contributed by atoms with E-state index in [1.807, 2.05) is 13.8 Å². The highest BCUT2D eigenvalue weighted by molar-refractivity contribution is 7.91. The van der Waals surface area contributed by atoms with Crippen molar-refractivity contribution in [3.63, 3.8) is 0 Å². The van der Waals surface area contributed by atoms with Crippen LogP contribution in [0.1, 0.15) is 84.1 Å². The van der Waals surface area contributed by atoms with Gasteiger partial charge in [-0.1, -0.05) is 26.3 Å². The lowest BCUT2D eigenvalue weighted by atomic mass is 9.83. The molecule has 4 saturated carbocycles. The average Bonchev–Trinajstić information content (AvgIpc) is 3.96. The number of amides is 3. The summed E-state index contributed by atoms with van der Waals surface area (Å²) < 4.78 is 38.4. The molecule has 0 aliphatic heterocycles. The Morgan fingerprint density at radius 3 is 2.41 bits per heavy atom. The summed E-state index contributed by atoms with van der Waals surface area (Å²) in [4.78, 5) is 56.7. The lowest BCUT2D eigenvalue weighted by Crippen LogP contribution is -2.55. The number of tetrazole rings is 1. The van der Waals surface area contributed by atoms with Crippen LogP contribution in [0, 0.1) is 23.7 Å². The van der Waals surface area contributed by atoms with E-state index in [-0.39, 0.29) is 43.0 Å². The van der Waals surface area contributed by atoms with Crippen LogP contribution in [0.5, 0.6) is 5.75 Å². The van der Waals surface area contributed by atoms with Crippen LogP contribution >= 0.6 is 0 Å². The smallest absolute Gasteiger partial charge is 0.408 e. The topological polar surface area (TPSA) is 201 Å². The van der Waals surface area contributed by atoms with E-state index in [0.29, 0.717) is 42.8 Å². The molecule has 15 nitrogen and oxygen atoms in total. The van der Waals surface area contributed by atoms with Gasteiger partial charge in [-0.25, -0.2) is 13.2 Å². The zero-order chi connectivity index (χ0) is 36.5. The number of Topliss-reactive ketones (excluding diaryl/α,β-unsaturated/α-hetero) is 1. The Kier molecular flexibility index (Phi) is 10.5. The molecule has 4 aliphatic rings. The molecule has 3 unspecified atom stereocenters. The van der Waals surface area contributed by atoms with Crippen molar-refractivity contribution in [2.45, 2.75) is 107 Å². The van der Waals surface area contributed by atoms with E-state index >= 15 is 0 Å².